The van der Waals surface area contributed by atoms with Crippen molar-refractivity contribution in [1.29, 1.82) is 0 Å². The highest BCUT2D eigenvalue weighted by Gasteiger charge is 2.27. The standard InChI is InChI=1S/C14H26N6.HI/c1-14(2)7-5-11(6-8-14)19-13(15-3)16-9-12-17-10-18-20(12)4;/h10-11H,5-9H2,1-4H3,(H2,15,16,19);1H. The summed E-state index contributed by atoms with van der Waals surface area (Å²) in [5.41, 5.74) is 0.494. The first-order valence-corrected chi connectivity index (χ1v) is 7.30. The van der Waals surface area contributed by atoms with E-state index >= 15 is 0 Å². The van der Waals surface area contributed by atoms with Gasteiger partial charge in [0, 0.05) is 20.1 Å². The third-order valence-electron chi connectivity index (χ3n) is 4.12. The van der Waals surface area contributed by atoms with Gasteiger partial charge in [0.1, 0.15) is 12.2 Å². The zero-order valence-corrected chi connectivity index (χ0v) is 15.7. The minimum Gasteiger partial charge on any atom is -0.354 e. The van der Waals surface area contributed by atoms with Gasteiger partial charge >= 0.3 is 0 Å². The molecule has 1 aromatic heterocycles. The van der Waals surface area contributed by atoms with Crippen LogP contribution in [-0.4, -0.2) is 33.8 Å². The van der Waals surface area contributed by atoms with Crippen molar-refractivity contribution in [3.8, 4) is 0 Å². The van der Waals surface area contributed by atoms with Crippen LogP contribution in [0, 0.1) is 5.41 Å². The van der Waals surface area contributed by atoms with E-state index in [1.165, 1.54) is 25.7 Å². The summed E-state index contributed by atoms with van der Waals surface area (Å²) in [5, 5.41) is 10.9. The molecule has 6 nitrogen and oxygen atoms in total. The van der Waals surface area contributed by atoms with E-state index in [0.717, 1.165) is 11.8 Å². The van der Waals surface area contributed by atoms with Gasteiger partial charge in [0.05, 0.1) is 6.54 Å². The van der Waals surface area contributed by atoms with Crippen molar-refractivity contribution in [2.45, 2.75) is 52.1 Å². The molecule has 0 aliphatic heterocycles. The molecule has 2 rings (SSSR count). The first-order valence-electron chi connectivity index (χ1n) is 7.30. The number of aromatic nitrogens is 3. The predicted octanol–water partition coefficient (Wildman–Crippen LogP) is 2.07. The Kier molecular flexibility index (Phi) is 6.89. The molecule has 1 aliphatic rings. The highest BCUT2D eigenvalue weighted by atomic mass is 127. The predicted molar refractivity (Wildman–Crippen MR) is 95.8 cm³/mol. The van der Waals surface area contributed by atoms with Crippen LogP contribution in [0.15, 0.2) is 11.3 Å². The van der Waals surface area contributed by atoms with E-state index in [1.807, 2.05) is 7.05 Å². The van der Waals surface area contributed by atoms with Crippen LogP contribution >= 0.6 is 24.0 Å². The van der Waals surface area contributed by atoms with Crippen molar-refractivity contribution in [1.82, 2.24) is 25.4 Å². The van der Waals surface area contributed by atoms with Gasteiger partial charge in [0.2, 0.25) is 0 Å². The fourth-order valence-electron chi connectivity index (χ4n) is 2.57. The quantitative estimate of drug-likeness (QED) is 0.458. The monoisotopic (exact) mass is 406 g/mol. The van der Waals surface area contributed by atoms with Crippen molar-refractivity contribution in [3.63, 3.8) is 0 Å². The largest absolute Gasteiger partial charge is 0.354 e. The summed E-state index contributed by atoms with van der Waals surface area (Å²) in [6, 6.07) is 0.522. The summed E-state index contributed by atoms with van der Waals surface area (Å²) in [5.74, 6) is 1.75. The Hall–Kier alpha value is -0.860. The Bertz CT molecular complexity index is 458. The number of hydrogen-bond acceptors (Lipinski definition) is 3. The molecule has 1 fully saturated rings. The van der Waals surface area contributed by atoms with Gasteiger partial charge in [-0.05, 0) is 31.1 Å². The van der Waals surface area contributed by atoms with Crippen LogP contribution in [0.3, 0.4) is 0 Å². The average Bonchev–Trinajstić information content (AvgIpc) is 2.82. The molecule has 120 valence electrons. The fraction of sp³-hybridized carbons (Fsp3) is 0.786. The number of aliphatic imine (C=N–C) groups is 1. The molecule has 2 N–H and O–H groups in total. The SMILES string of the molecule is CN=C(NCc1ncnn1C)NC1CCC(C)(C)CC1.I. The van der Waals surface area contributed by atoms with Crippen molar-refractivity contribution < 1.29 is 0 Å². The fourth-order valence-corrected chi connectivity index (χ4v) is 2.57. The maximum atomic E-state index is 4.28. The maximum absolute atomic E-state index is 4.28. The van der Waals surface area contributed by atoms with Crippen LogP contribution in [0.5, 0.6) is 0 Å². The molecule has 0 aromatic carbocycles. The summed E-state index contributed by atoms with van der Waals surface area (Å²) in [4.78, 5) is 8.48. The van der Waals surface area contributed by atoms with Crippen molar-refractivity contribution >= 4 is 29.9 Å². The Labute approximate surface area is 144 Å². The molecule has 7 heteroatoms. The van der Waals surface area contributed by atoms with Crippen LogP contribution < -0.4 is 10.6 Å². The average molecular weight is 406 g/mol. The highest BCUT2D eigenvalue weighted by molar-refractivity contribution is 14.0. The zero-order chi connectivity index (χ0) is 14.6. The van der Waals surface area contributed by atoms with Crippen LogP contribution in [0.2, 0.25) is 0 Å². The van der Waals surface area contributed by atoms with Crippen molar-refractivity contribution in [3.05, 3.63) is 12.2 Å². The summed E-state index contributed by atoms with van der Waals surface area (Å²) < 4.78 is 1.77. The minimum atomic E-state index is 0. The first kappa shape index (κ1) is 18.2. The van der Waals surface area contributed by atoms with E-state index in [4.69, 9.17) is 0 Å². The maximum Gasteiger partial charge on any atom is 0.191 e. The molecule has 0 amide bonds. The molecule has 0 bridgehead atoms. The highest BCUT2D eigenvalue weighted by Crippen LogP contribution is 2.34. The normalized spacial score (nSPS) is 19.0. The van der Waals surface area contributed by atoms with Crippen LogP contribution in [0.25, 0.3) is 0 Å². The van der Waals surface area contributed by atoms with Gasteiger partial charge in [0.15, 0.2) is 5.96 Å². The number of nitrogens with one attached hydrogen (secondary N) is 2. The smallest absolute Gasteiger partial charge is 0.191 e. The lowest BCUT2D eigenvalue weighted by Crippen LogP contribution is -2.45. The molecule has 1 heterocycles. The first-order chi connectivity index (χ1) is 9.50. The Balaban J connectivity index is 0.00000220. The summed E-state index contributed by atoms with van der Waals surface area (Å²) in [7, 11) is 3.70. The minimum absolute atomic E-state index is 0. The number of nitrogens with zero attached hydrogens (tertiary/aromatic N) is 4. The molecule has 21 heavy (non-hydrogen) atoms. The lowest BCUT2D eigenvalue weighted by molar-refractivity contribution is 0.216. The van der Waals surface area contributed by atoms with E-state index in [1.54, 1.807) is 18.1 Å². The van der Waals surface area contributed by atoms with Gasteiger partial charge in [-0.1, -0.05) is 13.8 Å². The third-order valence-corrected chi connectivity index (χ3v) is 4.12. The lowest BCUT2D eigenvalue weighted by Gasteiger charge is -2.35. The molecule has 1 aliphatic carbocycles. The number of hydrogen-bond donors (Lipinski definition) is 2. The van der Waals surface area contributed by atoms with Crippen molar-refractivity contribution in [2.75, 3.05) is 7.05 Å². The number of guanidine groups is 1. The number of halogens is 1. The second-order valence-electron chi connectivity index (χ2n) is 6.31. The molecular formula is C14H27IN6. The van der Waals surface area contributed by atoms with E-state index in [9.17, 15) is 0 Å². The van der Waals surface area contributed by atoms with Gasteiger partial charge < -0.3 is 10.6 Å². The Morgan fingerprint density at radius 1 is 1.43 bits per heavy atom. The lowest BCUT2D eigenvalue weighted by atomic mass is 9.75. The second-order valence-corrected chi connectivity index (χ2v) is 6.31. The van der Waals surface area contributed by atoms with Crippen molar-refractivity contribution in [2.24, 2.45) is 17.5 Å². The van der Waals surface area contributed by atoms with Gasteiger partial charge in [-0.15, -0.1) is 24.0 Å². The molecule has 1 aromatic rings. The summed E-state index contributed by atoms with van der Waals surface area (Å²) in [6.07, 6.45) is 6.52. The Morgan fingerprint density at radius 2 is 2.10 bits per heavy atom. The third kappa shape index (κ3) is 5.44. The van der Waals surface area contributed by atoms with Crippen LogP contribution in [-0.2, 0) is 13.6 Å². The molecule has 0 atom stereocenters. The molecule has 1 saturated carbocycles. The van der Waals surface area contributed by atoms with Gasteiger partial charge in [-0.3, -0.25) is 9.67 Å². The summed E-state index contributed by atoms with van der Waals surface area (Å²) in [6.45, 7) is 5.34. The van der Waals surface area contributed by atoms with Gasteiger partial charge in [-0.25, -0.2) is 4.98 Å². The topological polar surface area (TPSA) is 67.1 Å². The van der Waals surface area contributed by atoms with Gasteiger partial charge in [-0.2, -0.15) is 5.10 Å². The number of rotatable bonds is 3. The van der Waals surface area contributed by atoms with E-state index in [0.29, 0.717) is 18.0 Å². The van der Waals surface area contributed by atoms with E-state index < -0.39 is 0 Å². The molecule has 0 spiro atoms. The van der Waals surface area contributed by atoms with E-state index in [2.05, 4.69) is 39.6 Å². The molecule has 0 saturated heterocycles. The molecule has 0 unspecified atom stereocenters. The number of aryl methyl sites for hydroxylation is 1. The second kappa shape index (κ2) is 7.95. The van der Waals surface area contributed by atoms with Crippen LogP contribution in [0.1, 0.15) is 45.4 Å². The summed E-state index contributed by atoms with van der Waals surface area (Å²) >= 11 is 0. The van der Waals surface area contributed by atoms with E-state index in [-0.39, 0.29) is 24.0 Å². The Morgan fingerprint density at radius 3 is 2.62 bits per heavy atom. The zero-order valence-electron chi connectivity index (χ0n) is 13.4. The van der Waals surface area contributed by atoms with Crippen LogP contribution in [0.4, 0.5) is 0 Å². The molecular weight excluding hydrogens is 379 g/mol. The van der Waals surface area contributed by atoms with Gasteiger partial charge in [0.25, 0.3) is 0 Å². The molecule has 0 radical (unpaired) electrons.